The van der Waals surface area contributed by atoms with Crippen LogP contribution in [0.15, 0.2) is 18.2 Å². The maximum Gasteiger partial charge on any atom is 0.240 e. The summed E-state index contributed by atoms with van der Waals surface area (Å²) in [6, 6.07) is 5.36. The van der Waals surface area contributed by atoms with Crippen molar-refractivity contribution in [3.8, 4) is 0 Å². The number of nitrogens with two attached hydrogens (primary N) is 1. The van der Waals surface area contributed by atoms with E-state index < -0.39 is 5.54 Å². The number of ether oxygens (including phenoxy) is 1. The Morgan fingerprint density at radius 1 is 1.24 bits per heavy atom. The van der Waals surface area contributed by atoms with Crippen molar-refractivity contribution in [2.75, 3.05) is 19.8 Å². The van der Waals surface area contributed by atoms with Crippen LogP contribution in [0, 0.1) is 0 Å². The topological polar surface area (TPSA) is 64.4 Å². The zero-order valence-electron chi connectivity index (χ0n) is 11.5. The summed E-state index contributed by atoms with van der Waals surface area (Å²) in [5.41, 5.74) is 6.28. The summed E-state index contributed by atoms with van der Waals surface area (Å²) in [5, 5.41) is 4.07. The van der Waals surface area contributed by atoms with Gasteiger partial charge in [-0.2, -0.15) is 0 Å². The molecule has 7 heteroatoms. The Kier molecular flexibility index (Phi) is 7.24. The Morgan fingerprint density at radius 3 is 2.38 bits per heavy atom. The molecule has 0 saturated carbocycles. The van der Waals surface area contributed by atoms with E-state index in [0.717, 1.165) is 5.56 Å². The summed E-state index contributed by atoms with van der Waals surface area (Å²) in [6.45, 7) is 1.58. The maximum atomic E-state index is 12.1. The van der Waals surface area contributed by atoms with Crippen molar-refractivity contribution < 1.29 is 9.53 Å². The lowest BCUT2D eigenvalue weighted by atomic mass is 9.90. The summed E-state index contributed by atoms with van der Waals surface area (Å²) in [5.74, 6) is -0.117. The van der Waals surface area contributed by atoms with Crippen LogP contribution in [0.3, 0.4) is 0 Å². The Morgan fingerprint density at radius 2 is 1.81 bits per heavy atom. The second kappa shape index (κ2) is 8.20. The van der Waals surface area contributed by atoms with Crippen molar-refractivity contribution >= 4 is 41.5 Å². The Balaban J connectivity index is 0.00000220. The van der Waals surface area contributed by atoms with Crippen LogP contribution in [0.4, 0.5) is 0 Å². The standard InChI is InChI=1S/C14H18Cl2N2O2.ClH/c15-11-7-10(8-12(16)9-11)1-4-18-13(19)14(17)2-5-20-6-3-14;/h7-9H,1-6,17H2,(H,18,19);1H. The fraction of sp³-hybridized carbons (Fsp3) is 0.500. The SMILES string of the molecule is Cl.NC1(C(=O)NCCc2cc(Cl)cc(Cl)c2)CCOCC1. The number of hydrogen-bond donors (Lipinski definition) is 2. The van der Waals surface area contributed by atoms with E-state index in [2.05, 4.69) is 5.32 Å². The van der Waals surface area contributed by atoms with Crippen LogP contribution in [0.25, 0.3) is 0 Å². The molecule has 1 aromatic carbocycles. The number of nitrogens with one attached hydrogen (secondary N) is 1. The van der Waals surface area contributed by atoms with Crippen LogP contribution in [-0.2, 0) is 16.0 Å². The van der Waals surface area contributed by atoms with E-state index in [1.165, 1.54) is 0 Å². The van der Waals surface area contributed by atoms with Gasteiger partial charge in [-0.25, -0.2) is 0 Å². The van der Waals surface area contributed by atoms with E-state index in [9.17, 15) is 4.79 Å². The molecule has 0 spiro atoms. The van der Waals surface area contributed by atoms with Crippen molar-refractivity contribution in [3.05, 3.63) is 33.8 Å². The van der Waals surface area contributed by atoms with Crippen molar-refractivity contribution in [2.45, 2.75) is 24.8 Å². The summed E-state index contributed by atoms with van der Waals surface area (Å²) >= 11 is 11.9. The Hall–Kier alpha value is -0.520. The molecule has 1 aliphatic rings. The second-order valence-corrected chi connectivity index (χ2v) is 5.92. The number of carbonyl (C=O) groups excluding carboxylic acids is 1. The van der Waals surface area contributed by atoms with Crippen LogP contribution in [-0.4, -0.2) is 31.2 Å². The number of benzene rings is 1. The van der Waals surface area contributed by atoms with Gasteiger partial charge in [-0.1, -0.05) is 23.2 Å². The van der Waals surface area contributed by atoms with Gasteiger partial charge in [-0.15, -0.1) is 12.4 Å². The molecule has 1 heterocycles. The van der Waals surface area contributed by atoms with Gasteiger partial charge in [0.05, 0.1) is 5.54 Å². The van der Waals surface area contributed by atoms with Gasteiger partial charge in [0.1, 0.15) is 0 Å². The fourth-order valence-corrected chi connectivity index (χ4v) is 2.79. The van der Waals surface area contributed by atoms with Crippen molar-refractivity contribution in [2.24, 2.45) is 5.73 Å². The summed E-state index contributed by atoms with van der Waals surface area (Å²) < 4.78 is 5.23. The van der Waals surface area contributed by atoms with Gasteiger partial charge in [-0.3, -0.25) is 4.79 Å². The van der Waals surface area contributed by atoms with Gasteiger partial charge >= 0.3 is 0 Å². The molecule has 1 aliphatic heterocycles. The van der Waals surface area contributed by atoms with Crippen molar-refractivity contribution in [3.63, 3.8) is 0 Å². The minimum atomic E-state index is -0.801. The first-order valence-electron chi connectivity index (χ1n) is 6.59. The average Bonchev–Trinajstić information content (AvgIpc) is 2.38. The molecule has 0 unspecified atom stereocenters. The van der Waals surface area contributed by atoms with Gasteiger partial charge in [0, 0.05) is 29.8 Å². The van der Waals surface area contributed by atoms with Crippen LogP contribution in [0.5, 0.6) is 0 Å². The molecule has 1 fully saturated rings. The molecule has 1 amide bonds. The molecule has 2 rings (SSSR count). The van der Waals surface area contributed by atoms with Crippen LogP contribution >= 0.6 is 35.6 Å². The average molecular weight is 354 g/mol. The maximum absolute atomic E-state index is 12.1. The summed E-state index contributed by atoms with van der Waals surface area (Å²) in [6.07, 6.45) is 1.78. The molecule has 3 N–H and O–H groups in total. The molecule has 4 nitrogen and oxygen atoms in total. The highest BCUT2D eigenvalue weighted by Gasteiger charge is 2.35. The van der Waals surface area contributed by atoms with Gasteiger partial charge in [0.15, 0.2) is 0 Å². The number of halogens is 3. The monoisotopic (exact) mass is 352 g/mol. The zero-order valence-corrected chi connectivity index (χ0v) is 13.9. The highest BCUT2D eigenvalue weighted by atomic mass is 35.5. The molecule has 0 bridgehead atoms. The molecule has 21 heavy (non-hydrogen) atoms. The molecular weight excluding hydrogens is 335 g/mol. The number of carbonyl (C=O) groups is 1. The molecule has 118 valence electrons. The van der Waals surface area contributed by atoms with Crippen LogP contribution in [0.2, 0.25) is 10.0 Å². The molecular formula is C14H19Cl3N2O2. The smallest absolute Gasteiger partial charge is 0.240 e. The Bertz CT molecular complexity index is 471. The minimum absolute atomic E-state index is 0. The third-order valence-corrected chi connectivity index (χ3v) is 3.90. The molecule has 1 aromatic rings. The first-order chi connectivity index (χ1) is 9.49. The predicted molar refractivity (Wildman–Crippen MR) is 87.4 cm³/mol. The second-order valence-electron chi connectivity index (χ2n) is 5.05. The third-order valence-electron chi connectivity index (χ3n) is 3.46. The van der Waals surface area contributed by atoms with Gasteiger partial charge in [0.2, 0.25) is 5.91 Å². The lowest BCUT2D eigenvalue weighted by Gasteiger charge is -2.31. The highest BCUT2D eigenvalue weighted by Crippen LogP contribution is 2.20. The van der Waals surface area contributed by atoms with Crippen LogP contribution in [0.1, 0.15) is 18.4 Å². The van der Waals surface area contributed by atoms with Crippen LogP contribution < -0.4 is 11.1 Å². The van der Waals surface area contributed by atoms with E-state index in [4.69, 9.17) is 33.7 Å². The summed E-state index contributed by atoms with van der Waals surface area (Å²) in [4.78, 5) is 12.1. The molecule has 0 atom stereocenters. The first kappa shape index (κ1) is 18.5. The number of amides is 1. The zero-order chi connectivity index (χ0) is 14.6. The highest BCUT2D eigenvalue weighted by molar-refractivity contribution is 6.34. The normalized spacial score (nSPS) is 16.9. The quantitative estimate of drug-likeness (QED) is 0.874. The summed E-state index contributed by atoms with van der Waals surface area (Å²) in [7, 11) is 0. The number of hydrogen-bond acceptors (Lipinski definition) is 3. The lowest BCUT2D eigenvalue weighted by molar-refractivity contribution is -0.129. The molecule has 0 radical (unpaired) electrons. The predicted octanol–water partition coefficient (Wildman–Crippen LogP) is 2.58. The van der Waals surface area contributed by atoms with Gasteiger partial charge in [-0.05, 0) is 43.0 Å². The van der Waals surface area contributed by atoms with E-state index in [0.29, 0.717) is 49.1 Å². The third kappa shape index (κ3) is 5.31. The van der Waals surface area contributed by atoms with E-state index in [1.54, 1.807) is 6.07 Å². The van der Waals surface area contributed by atoms with Gasteiger partial charge < -0.3 is 15.8 Å². The molecule has 0 aromatic heterocycles. The van der Waals surface area contributed by atoms with E-state index >= 15 is 0 Å². The van der Waals surface area contributed by atoms with E-state index in [1.807, 2.05) is 12.1 Å². The van der Waals surface area contributed by atoms with Crippen molar-refractivity contribution in [1.29, 1.82) is 0 Å². The van der Waals surface area contributed by atoms with E-state index in [-0.39, 0.29) is 18.3 Å². The van der Waals surface area contributed by atoms with Gasteiger partial charge in [0.25, 0.3) is 0 Å². The van der Waals surface area contributed by atoms with Crippen molar-refractivity contribution in [1.82, 2.24) is 5.32 Å². The number of rotatable bonds is 4. The first-order valence-corrected chi connectivity index (χ1v) is 7.35. The Labute approximate surface area is 140 Å². The largest absolute Gasteiger partial charge is 0.381 e. The fourth-order valence-electron chi connectivity index (χ4n) is 2.21. The molecule has 0 aliphatic carbocycles. The molecule has 1 saturated heterocycles. The lowest BCUT2D eigenvalue weighted by Crippen LogP contribution is -2.57. The minimum Gasteiger partial charge on any atom is -0.381 e.